The number of halogens is 2. The second kappa shape index (κ2) is 8.27. The zero-order chi connectivity index (χ0) is 19.6. The van der Waals surface area contributed by atoms with Crippen LogP contribution in [0.15, 0.2) is 29.2 Å². The fourth-order valence-electron chi connectivity index (χ4n) is 1.94. The maximum absolute atomic E-state index is 12.5. The molecule has 0 saturated heterocycles. The molecule has 0 amide bonds. The summed E-state index contributed by atoms with van der Waals surface area (Å²) in [5, 5.41) is -0.0320. The summed E-state index contributed by atoms with van der Waals surface area (Å²) in [4.78, 5) is -0.975. The van der Waals surface area contributed by atoms with Crippen LogP contribution in [0.4, 0.5) is 0 Å². The van der Waals surface area contributed by atoms with E-state index in [1.807, 2.05) is 6.92 Å². The molecule has 0 aliphatic carbocycles. The molecule has 1 unspecified atom stereocenters. The molecule has 25 heavy (non-hydrogen) atoms. The van der Waals surface area contributed by atoms with Crippen LogP contribution in [0.1, 0.15) is 33.3 Å². The SMILES string of the molecule is Cc1ccc(S(=O)(=O)OC(C(Cl)Cl)[C@H](C)O[Si](C)(C)C(C)(C)C)cc1. The number of hydrogen-bond acceptors (Lipinski definition) is 4. The molecule has 0 radical (unpaired) electrons. The summed E-state index contributed by atoms with van der Waals surface area (Å²) >= 11 is 12.0. The largest absolute Gasteiger partial charge is 0.411 e. The van der Waals surface area contributed by atoms with E-state index in [1.165, 1.54) is 12.1 Å². The lowest BCUT2D eigenvalue weighted by Gasteiger charge is -2.40. The van der Waals surface area contributed by atoms with E-state index in [4.69, 9.17) is 31.8 Å². The van der Waals surface area contributed by atoms with Crippen molar-refractivity contribution in [2.45, 2.75) is 74.7 Å². The van der Waals surface area contributed by atoms with Gasteiger partial charge in [-0.1, -0.05) is 38.5 Å². The van der Waals surface area contributed by atoms with Gasteiger partial charge in [0.1, 0.15) is 10.9 Å². The first-order chi connectivity index (χ1) is 11.2. The van der Waals surface area contributed by atoms with Crippen molar-refractivity contribution in [3.8, 4) is 0 Å². The lowest BCUT2D eigenvalue weighted by atomic mass is 10.2. The molecule has 4 nitrogen and oxygen atoms in total. The van der Waals surface area contributed by atoms with Gasteiger partial charge in [0.2, 0.25) is 0 Å². The molecule has 0 spiro atoms. The molecular formula is C17H28Cl2O4SSi. The lowest BCUT2D eigenvalue weighted by Crippen LogP contribution is -2.48. The number of aryl methyl sites for hydroxylation is 1. The van der Waals surface area contributed by atoms with Crippen LogP contribution in [-0.2, 0) is 18.7 Å². The average molecular weight is 427 g/mol. The molecule has 1 aromatic carbocycles. The standard InChI is InChI=1S/C17H28Cl2O4SSi/c1-12-8-10-14(11-9-12)24(20,21)22-15(16(18)19)13(2)23-25(6,7)17(3,4)5/h8-11,13,15-16H,1-7H3/t13-,15?/m0/s1. The van der Waals surface area contributed by atoms with Crippen molar-refractivity contribution >= 4 is 41.6 Å². The van der Waals surface area contributed by atoms with Gasteiger partial charge in [0.15, 0.2) is 8.32 Å². The van der Waals surface area contributed by atoms with Crippen LogP contribution in [-0.4, -0.2) is 33.8 Å². The molecule has 8 heteroatoms. The number of alkyl halides is 2. The summed E-state index contributed by atoms with van der Waals surface area (Å²) < 4.78 is 36.6. The fraction of sp³-hybridized carbons (Fsp3) is 0.647. The van der Waals surface area contributed by atoms with Gasteiger partial charge in [-0.15, -0.1) is 23.2 Å². The topological polar surface area (TPSA) is 52.6 Å². The zero-order valence-corrected chi connectivity index (χ0v) is 19.2. The minimum Gasteiger partial charge on any atom is -0.411 e. The third kappa shape index (κ3) is 6.22. The fourth-order valence-corrected chi connectivity index (χ4v) is 5.13. The normalized spacial score (nSPS) is 16.1. The van der Waals surface area contributed by atoms with E-state index in [0.717, 1.165) is 5.56 Å². The second-order valence-corrected chi connectivity index (χ2v) is 15.2. The highest BCUT2D eigenvalue weighted by Crippen LogP contribution is 2.38. The van der Waals surface area contributed by atoms with Gasteiger partial charge < -0.3 is 4.43 Å². The van der Waals surface area contributed by atoms with E-state index in [1.54, 1.807) is 19.1 Å². The molecule has 0 bridgehead atoms. The minimum absolute atomic E-state index is 0.0320. The summed E-state index contributed by atoms with van der Waals surface area (Å²) in [5.41, 5.74) is 0.956. The Kier molecular flexibility index (Phi) is 7.59. The van der Waals surface area contributed by atoms with Gasteiger partial charge in [-0.3, -0.25) is 4.18 Å². The maximum atomic E-state index is 12.5. The molecule has 0 N–H and O–H groups in total. The van der Waals surface area contributed by atoms with Crippen molar-refractivity contribution in [1.82, 2.24) is 0 Å². The van der Waals surface area contributed by atoms with Crippen LogP contribution in [0, 0.1) is 6.92 Å². The van der Waals surface area contributed by atoms with Gasteiger partial charge in [-0.05, 0) is 44.1 Å². The Morgan fingerprint density at radius 2 is 1.56 bits per heavy atom. The van der Waals surface area contributed by atoms with Crippen molar-refractivity contribution in [3.05, 3.63) is 29.8 Å². The highest BCUT2D eigenvalue weighted by atomic mass is 35.5. The summed E-state index contributed by atoms with van der Waals surface area (Å²) in [6.07, 6.45) is -1.56. The molecule has 0 aliphatic heterocycles. The molecule has 0 aromatic heterocycles. The first-order valence-electron chi connectivity index (χ1n) is 8.13. The Bertz CT molecular complexity index is 667. The number of benzene rings is 1. The van der Waals surface area contributed by atoms with E-state index in [0.29, 0.717) is 0 Å². The molecule has 1 aromatic rings. The van der Waals surface area contributed by atoms with Crippen LogP contribution in [0.5, 0.6) is 0 Å². The van der Waals surface area contributed by atoms with Crippen molar-refractivity contribution in [3.63, 3.8) is 0 Å². The van der Waals surface area contributed by atoms with Gasteiger partial charge in [0.05, 0.1) is 11.0 Å². The maximum Gasteiger partial charge on any atom is 0.297 e. The Hall–Kier alpha value is -0.113. The third-order valence-corrected chi connectivity index (χ3v) is 10.9. The van der Waals surface area contributed by atoms with Gasteiger partial charge in [0.25, 0.3) is 10.1 Å². The summed E-state index contributed by atoms with van der Waals surface area (Å²) in [6, 6.07) is 6.41. The predicted octanol–water partition coefficient (Wildman–Crippen LogP) is 5.28. The van der Waals surface area contributed by atoms with Crippen molar-refractivity contribution in [2.24, 2.45) is 0 Å². The van der Waals surface area contributed by atoms with E-state index in [-0.39, 0.29) is 9.93 Å². The molecule has 0 fully saturated rings. The highest BCUT2D eigenvalue weighted by molar-refractivity contribution is 7.86. The average Bonchev–Trinajstić information content (AvgIpc) is 2.43. The van der Waals surface area contributed by atoms with E-state index >= 15 is 0 Å². The molecule has 0 heterocycles. The van der Waals surface area contributed by atoms with Crippen LogP contribution in [0.25, 0.3) is 0 Å². The molecular weight excluding hydrogens is 399 g/mol. The third-order valence-electron chi connectivity index (χ3n) is 4.55. The quantitative estimate of drug-likeness (QED) is 0.337. The molecule has 144 valence electrons. The highest BCUT2D eigenvalue weighted by Gasteiger charge is 2.42. The van der Waals surface area contributed by atoms with Crippen LogP contribution in [0.3, 0.4) is 0 Å². The number of hydrogen-bond donors (Lipinski definition) is 0. The van der Waals surface area contributed by atoms with Gasteiger partial charge in [-0.25, -0.2) is 0 Å². The van der Waals surface area contributed by atoms with Crippen molar-refractivity contribution in [2.75, 3.05) is 0 Å². The van der Waals surface area contributed by atoms with Crippen molar-refractivity contribution < 1.29 is 17.0 Å². The van der Waals surface area contributed by atoms with E-state index < -0.39 is 35.5 Å². The van der Waals surface area contributed by atoms with Crippen LogP contribution < -0.4 is 0 Å². The summed E-state index contributed by atoms with van der Waals surface area (Å²) in [5.74, 6) is 0. The monoisotopic (exact) mass is 426 g/mol. The zero-order valence-electron chi connectivity index (χ0n) is 15.8. The minimum atomic E-state index is -3.99. The smallest absolute Gasteiger partial charge is 0.297 e. The Balaban J connectivity index is 3.02. The summed E-state index contributed by atoms with van der Waals surface area (Å²) in [7, 11) is -6.12. The van der Waals surface area contributed by atoms with Gasteiger partial charge in [0, 0.05) is 0 Å². The Labute approximate surface area is 163 Å². The summed E-state index contributed by atoms with van der Waals surface area (Å²) in [6.45, 7) is 14.1. The van der Waals surface area contributed by atoms with E-state index in [2.05, 4.69) is 33.9 Å². The van der Waals surface area contributed by atoms with Crippen molar-refractivity contribution in [1.29, 1.82) is 0 Å². The lowest BCUT2D eigenvalue weighted by molar-refractivity contribution is 0.0686. The number of rotatable bonds is 7. The van der Waals surface area contributed by atoms with Gasteiger partial charge >= 0.3 is 0 Å². The van der Waals surface area contributed by atoms with Crippen LogP contribution in [0.2, 0.25) is 18.1 Å². The molecule has 0 aliphatic rings. The first-order valence-corrected chi connectivity index (χ1v) is 13.3. The molecule has 0 saturated carbocycles. The first kappa shape index (κ1) is 22.9. The van der Waals surface area contributed by atoms with Gasteiger partial charge in [-0.2, -0.15) is 8.42 Å². The molecule has 2 atom stereocenters. The van der Waals surface area contributed by atoms with E-state index in [9.17, 15) is 8.42 Å². The Morgan fingerprint density at radius 1 is 1.08 bits per heavy atom. The second-order valence-electron chi connectivity index (χ2n) is 7.75. The Morgan fingerprint density at radius 3 is 1.96 bits per heavy atom. The van der Waals surface area contributed by atoms with Crippen LogP contribution >= 0.6 is 23.2 Å². The predicted molar refractivity (Wildman–Crippen MR) is 106 cm³/mol. The molecule has 1 rings (SSSR count).